The molecule has 4 rings (SSSR count). The fourth-order valence-corrected chi connectivity index (χ4v) is 3.79. The Hall–Kier alpha value is -3.10. The van der Waals surface area contributed by atoms with Gasteiger partial charge in [0, 0.05) is 23.5 Å². The Labute approximate surface area is 212 Å². The van der Waals surface area contributed by atoms with E-state index in [1.807, 2.05) is 6.92 Å². The minimum atomic E-state index is -0.395. The summed E-state index contributed by atoms with van der Waals surface area (Å²) in [5.41, 5.74) is 3.37. The molecule has 1 heterocycles. The highest BCUT2D eigenvalue weighted by Gasteiger charge is 2.19. The molecule has 176 valence electrons. The summed E-state index contributed by atoms with van der Waals surface area (Å²) >= 11 is 12.3. The molecular formula is C24H21Cl3N4O3. The van der Waals surface area contributed by atoms with E-state index >= 15 is 0 Å². The zero-order valence-corrected chi connectivity index (χ0v) is 20.6. The first-order chi connectivity index (χ1) is 15.9. The van der Waals surface area contributed by atoms with E-state index in [1.165, 1.54) is 0 Å². The fraction of sp³-hybridized carbons (Fsp3) is 0.125. The molecule has 7 nitrogen and oxygen atoms in total. The number of H-pyrrole nitrogens is 1. The van der Waals surface area contributed by atoms with Crippen LogP contribution in [-0.2, 0) is 11.3 Å². The quantitative estimate of drug-likeness (QED) is 0.280. The Morgan fingerprint density at radius 2 is 1.68 bits per heavy atom. The van der Waals surface area contributed by atoms with Gasteiger partial charge in [-0.2, -0.15) is 0 Å². The van der Waals surface area contributed by atoms with Gasteiger partial charge in [0.2, 0.25) is 0 Å². The predicted molar refractivity (Wildman–Crippen MR) is 138 cm³/mol. The average molecular weight is 520 g/mol. The molecule has 0 saturated carbocycles. The number of carbonyl (C=O) groups excluding carboxylic acids is 2. The van der Waals surface area contributed by atoms with Crippen LogP contribution in [0.1, 0.15) is 32.1 Å². The third kappa shape index (κ3) is 5.34. The standard InChI is InChI=1S/C24H20Cl2N4O3.ClH/c1-13-17(25)8-5-9-19(13)29-24(32)16-10-14(11-20-22(16)30-21(28-20)12-33-2)27-23(31)15-6-3-4-7-18(15)26;/h3-11H,12H2,1-2H3,(H,27,31)(H,28,30)(H,29,32);1H. The summed E-state index contributed by atoms with van der Waals surface area (Å²) in [6.07, 6.45) is 0. The van der Waals surface area contributed by atoms with Gasteiger partial charge < -0.3 is 20.4 Å². The van der Waals surface area contributed by atoms with Crippen LogP contribution in [0, 0.1) is 6.92 Å². The van der Waals surface area contributed by atoms with E-state index in [0.717, 1.165) is 5.56 Å². The van der Waals surface area contributed by atoms with Gasteiger partial charge in [-0.1, -0.05) is 41.4 Å². The molecular weight excluding hydrogens is 499 g/mol. The number of benzene rings is 3. The molecule has 2 amide bonds. The molecule has 1 aromatic heterocycles. The minimum Gasteiger partial charge on any atom is -0.377 e. The van der Waals surface area contributed by atoms with Crippen LogP contribution >= 0.6 is 35.6 Å². The first kappa shape index (κ1) is 25.5. The molecule has 0 bridgehead atoms. The van der Waals surface area contributed by atoms with Gasteiger partial charge in [-0.25, -0.2) is 4.98 Å². The van der Waals surface area contributed by atoms with Crippen LogP contribution in [0.25, 0.3) is 11.0 Å². The molecule has 0 fully saturated rings. The number of aromatic amines is 1. The van der Waals surface area contributed by atoms with Crippen molar-refractivity contribution in [3.05, 3.63) is 87.2 Å². The number of amides is 2. The molecule has 0 radical (unpaired) electrons. The van der Waals surface area contributed by atoms with Crippen LogP contribution in [0.2, 0.25) is 10.0 Å². The van der Waals surface area contributed by atoms with Crippen molar-refractivity contribution >= 4 is 69.8 Å². The summed E-state index contributed by atoms with van der Waals surface area (Å²) in [6, 6.07) is 15.3. The van der Waals surface area contributed by atoms with Gasteiger partial charge in [-0.05, 0) is 48.9 Å². The number of hydrogen-bond donors (Lipinski definition) is 3. The SMILES string of the molecule is COCc1nc2c(C(=O)Nc3cccc(Cl)c3C)cc(NC(=O)c3ccccc3Cl)cc2[nH]1.Cl. The van der Waals surface area contributed by atoms with Gasteiger partial charge in [0.15, 0.2) is 0 Å². The van der Waals surface area contributed by atoms with Crippen LogP contribution in [0.4, 0.5) is 11.4 Å². The van der Waals surface area contributed by atoms with Crippen molar-refractivity contribution in [1.29, 1.82) is 0 Å². The van der Waals surface area contributed by atoms with Gasteiger partial charge in [0.25, 0.3) is 11.8 Å². The molecule has 0 unspecified atom stereocenters. The number of halogens is 3. The molecule has 0 aliphatic carbocycles. The lowest BCUT2D eigenvalue weighted by Crippen LogP contribution is -2.16. The Morgan fingerprint density at radius 3 is 2.41 bits per heavy atom. The highest BCUT2D eigenvalue weighted by Crippen LogP contribution is 2.27. The molecule has 0 saturated heterocycles. The predicted octanol–water partition coefficient (Wildman–Crippen LogP) is 6.25. The third-order valence-electron chi connectivity index (χ3n) is 5.05. The first-order valence-electron chi connectivity index (χ1n) is 10.0. The number of nitrogens with one attached hydrogen (secondary N) is 3. The lowest BCUT2D eigenvalue weighted by molar-refractivity contribution is 0.101. The Morgan fingerprint density at radius 1 is 0.971 bits per heavy atom. The maximum absolute atomic E-state index is 13.2. The second-order valence-electron chi connectivity index (χ2n) is 7.34. The largest absolute Gasteiger partial charge is 0.377 e. The molecule has 3 aromatic carbocycles. The fourth-order valence-electron chi connectivity index (χ4n) is 3.40. The molecule has 0 spiro atoms. The second kappa shape index (κ2) is 10.9. The van der Waals surface area contributed by atoms with Crippen LogP contribution in [0.5, 0.6) is 0 Å². The highest BCUT2D eigenvalue weighted by molar-refractivity contribution is 6.34. The molecule has 0 aliphatic rings. The van der Waals surface area contributed by atoms with E-state index in [9.17, 15) is 9.59 Å². The lowest BCUT2D eigenvalue weighted by atomic mass is 10.1. The van der Waals surface area contributed by atoms with Gasteiger partial charge in [-0.3, -0.25) is 9.59 Å². The van der Waals surface area contributed by atoms with E-state index in [1.54, 1.807) is 61.7 Å². The lowest BCUT2D eigenvalue weighted by Gasteiger charge is -2.12. The summed E-state index contributed by atoms with van der Waals surface area (Å²) in [7, 11) is 1.55. The van der Waals surface area contributed by atoms with Crippen molar-refractivity contribution in [2.75, 3.05) is 17.7 Å². The third-order valence-corrected chi connectivity index (χ3v) is 5.79. The maximum Gasteiger partial charge on any atom is 0.258 e. The smallest absolute Gasteiger partial charge is 0.258 e. The molecule has 4 aromatic rings. The number of ether oxygens (including phenoxy) is 1. The van der Waals surface area contributed by atoms with E-state index in [4.69, 9.17) is 27.9 Å². The summed E-state index contributed by atoms with van der Waals surface area (Å²) in [5.74, 6) is -0.238. The molecule has 3 N–H and O–H groups in total. The van der Waals surface area contributed by atoms with E-state index < -0.39 is 11.8 Å². The Kier molecular flexibility index (Phi) is 8.17. The minimum absolute atomic E-state index is 0. The van der Waals surface area contributed by atoms with E-state index in [0.29, 0.717) is 43.8 Å². The number of hydrogen-bond acceptors (Lipinski definition) is 4. The van der Waals surface area contributed by atoms with E-state index in [-0.39, 0.29) is 24.6 Å². The zero-order valence-electron chi connectivity index (χ0n) is 18.2. The summed E-state index contributed by atoms with van der Waals surface area (Å²) < 4.78 is 5.15. The van der Waals surface area contributed by atoms with Crippen molar-refractivity contribution in [2.24, 2.45) is 0 Å². The topological polar surface area (TPSA) is 96.1 Å². The zero-order chi connectivity index (χ0) is 23.5. The average Bonchev–Trinajstić information content (AvgIpc) is 3.19. The molecule has 0 aliphatic heterocycles. The number of aromatic nitrogens is 2. The van der Waals surface area contributed by atoms with Crippen molar-refractivity contribution in [3.63, 3.8) is 0 Å². The van der Waals surface area contributed by atoms with Crippen molar-refractivity contribution in [2.45, 2.75) is 13.5 Å². The number of carbonyl (C=O) groups is 2. The van der Waals surface area contributed by atoms with Gasteiger partial charge in [0.05, 0.1) is 21.7 Å². The van der Waals surface area contributed by atoms with Crippen LogP contribution in [0.3, 0.4) is 0 Å². The maximum atomic E-state index is 13.2. The molecule has 0 atom stereocenters. The van der Waals surface area contributed by atoms with Gasteiger partial charge >= 0.3 is 0 Å². The number of imidazole rings is 1. The number of methoxy groups -OCH3 is 1. The normalized spacial score (nSPS) is 10.6. The number of rotatable bonds is 6. The molecule has 34 heavy (non-hydrogen) atoms. The highest BCUT2D eigenvalue weighted by atomic mass is 35.5. The van der Waals surface area contributed by atoms with Crippen LogP contribution in [-0.4, -0.2) is 28.9 Å². The monoisotopic (exact) mass is 518 g/mol. The number of anilines is 2. The van der Waals surface area contributed by atoms with Crippen LogP contribution < -0.4 is 10.6 Å². The Bertz CT molecular complexity index is 1370. The van der Waals surface area contributed by atoms with E-state index in [2.05, 4.69) is 20.6 Å². The van der Waals surface area contributed by atoms with Crippen LogP contribution in [0.15, 0.2) is 54.6 Å². The van der Waals surface area contributed by atoms with Gasteiger partial charge in [-0.15, -0.1) is 12.4 Å². The van der Waals surface area contributed by atoms with Crippen molar-refractivity contribution in [1.82, 2.24) is 9.97 Å². The second-order valence-corrected chi connectivity index (χ2v) is 8.15. The Balaban J connectivity index is 0.00000324. The summed E-state index contributed by atoms with van der Waals surface area (Å²) in [4.78, 5) is 33.6. The number of fused-ring (bicyclic) bond motifs is 1. The van der Waals surface area contributed by atoms with Crippen molar-refractivity contribution in [3.8, 4) is 0 Å². The molecule has 10 heteroatoms. The number of nitrogens with zero attached hydrogens (tertiary/aromatic N) is 1. The van der Waals surface area contributed by atoms with Gasteiger partial charge in [0.1, 0.15) is 17.9 Å². The summed E-state index contributed by atoms with van der Waals surface area (Å²) in [6.45, 7) is 2.06. The van der Waals surface area contributed by atoms with Crippen molar-refractivity contribution < 1.29 is 14.3 Å². The summed E-state index contributed by atoms with van der Waals surface area (Å²) in [5, 5.41) is 6.56. The first-order valence-corrected chi connectivity index (χ1v) is 10.8.